The van der Waals surface area contributed by atoms with Crippen molar-refractivity contribution in [2.75, 3.05) is 19.7 Å². The molecule has 0 bridgehead atoms. The lowest BCUT2D eigenvalue weighted by molar-refractivity contribution is 0.341. The van der Waals surface area contributed by atoms with Crippen LogP contribution in [0.25, 0.3) is 10.8 Å². The van der Waals surface area contributed by atoms with Gasteiger partial charge in [-0.25, -0.2) is 0 Å². The van der Waals surface area contributed by atoms with Crippen LogP contribution in [0.3, 0.4) is 0 Å². The van der Waals surface area contributed by atoms with E-state index < -0.39 is 0 Å². The second-order valence-electron chi connectivity index (χ2n) is 4.89. The summed E-state index contributed by atoms with van der Waals surface area (Å²) in [6, 6.07) is 13.1. The van der Waals surface area contributed by atoms with Crippen LogP contribution >= 0.6 is 12.4 Å². The molecule has 2 aromatic rings. The molecule has 1 aliphatic rings. The molecule has 0 aromatic heterocycles. The van der Waals surface area contributed by atoms with Crippen LogP contribution < -0.4 is 10.1 Å². The third kappa shape index (κ3) is 3.02. The first-order chi connectivity index (χ1) is 8.86. The monoisotopic (exact) mass is 277 g/mol. The standard InChI is InChI=1S/C16H19NO.ClH/c1-2-18-16-6-5-12-9-13(3-4-14(12)10-16)15-7-8-17-11-15;/h3-6,9-10,15,17H,2,7-8,11H2,1H3;1H. The highest BCUT2D eigenvalue weighted by Crippen LogP contribution is 2.27. The van der Waals surface area contributed by atoms with Crippen LogP contribution in [-0.2, 0) is 0 Å². The van der Waals surface area contributed by atoms with Gasteiger partial charge in [-0.3, -0.25) is 0 Å². The number of benzene rings is 2. The van der Waals surface area contributed by atoms with E-state index in [1.165, 1.54) is 22.8 Å². The number of hydrogen-bond acceptors (Lipinski definition) is 2. The maximum Gasteiger partial charge on any atom is 0.119 e. The van der Waals surface area contributed by atoms with E-state index in [1.54, 1.807) is 0 Å². The summed E-state index contributed by atoms with van der Waals surface area (Å²) in [5, 5.41) is 5.99. The molecule has 2 aromatic carbocycles. The molecule has 19 heavy (non-hydrogen) atoms. The zero-order valence-corrected chi connectivity index (χ0v) is 12.0. The molecule has 1 saturated heterocycles. The number of nitrogens with one attached hydrogen (secondary N) is 1. The van der Waals surface area contributed by atoms with Crippen molar-refractivity contribution in [3.8, 4) is 5.75 Å². The second-order valence-corrected chi connectivity index (χ2v) is 4.89. The highest BCUT2D eigenvalue weighted by Gasteiger charge is 2.16. The summed E-state index contributed by atoms with van der Waals surface area (Å²) in [4.78, 5) is 0. The fourth-order valence-electron chi connectivity index (χ4n) is 2.69. The molecule has 3 rings (SSSR count). The van der Waals surface area contributed by atoms with Gasteiger partial charge in [-0.1, -0.05) is 24.3 Å². The largest absolute Gasteiger partial charge is 0.494 e. The highest BCUT2D eigenvalue weighted by atomic mass is 35.5. The number of halogens is 1. The van der Waals surface area contributed by atoms with E-state index in [-0.39, 0.29) is 12.4 Å². The summed E-state index contributed by atoms with van der Waals surface area (Å²) in [7, 11) is 0. The van der Waals surface area contributed by atoms with E-state index >= 15 is 0 Å². The van der Waals surface area contributed by atoms with E-state index in [1.807, 2.05) is 6.92 Å². The Kier molecular flexibility index (Phi) is 4.67. The second kappa shape index (κ2) is 6.27. The summed E-state index contributed by atoms with van der Waals surface area (Å²) >= 11 is 0. The fourth-order valence-corrected chi connectivity index (χ4v) is 2.69. The molecular formula is C16H20ClNO. The van der Waals surface area contributed by atoms with Gasteiger partial charge in [0.2, 0.25) is 0 Å². The van der Waals surface area contributed by atoms with Crippen molar-refractivity contribution in [1.29, 1.82) is 0 Å². The zero-order valence-electron chi connectivity index (χ0n) is 11.2. The van der Waals surface area contributed by atoms with E-state index in [0.717, 1.165) is 25.4 Å². The summed E-state index contributed by atoms with van der Waals surface area (Å²) in [6.07, 6.45) is 1.25. The van der Waals surface area contributed by atoms with Crippen LogP contribution in [0, 0.1) is 0 Å². The molecule has 102 valence electrons. The molecule has 3 heteroatoms. The Bertz CT molecular complexity index is 549. The Labute approximate surface area is 120 Å². The first-order valence-electron chi connectivity index (χ1n) is 6.74. The van der Waals surface area contributed by atoms with Gasteiger partial charge in [-0.15, -0.1) is 12.4 Å². The Morgan fingerprint density at radius 2 is 1.95 bits per heavy atom. The van der Waals surface area contributed by atoms with Crippen molar-refractivity contribution in [3.63, 3.8) is 0 Å². The maximum atomic E-state index is 5.53. The van der Waals surface area contributed by atoms with Gasteiger partial charge in [0.15, 0.2) is 0 Å². The highest BCUT2D eigenvalue weighted by molar-refractivity contribution is 5.85. The molecule has 0 radical (unpaired) electrons. The van der Waals surface area contributed by atoms with Crippen LogP contribution in [0.15, 0.2) is 36.4 Å². The summed E-state index contributed by atoms with van der Waals surface area (Å²) < 4.78 is 5.53. The van der Waals surface area contributed by atoms with Gasteiger partial charge in [0.25, 0.3) is 0 Å². The van der Waals surface area contributed by atoms with Gasteiger partial charge in [0, 0.05) is 6.54 Å². The van der Waals surface area contributed by atoms with E-state index in [4.69, 9.17) is 4.74 Å². The molecule has 1 unspecified atom stereocenters. The van der Waals surface area contributed by atoms with Crippen molar-refractivity contribution < 1.29 is 4.74 Å². The molecule has 1 aliphatic heterocycles. The van der Waals surface area contributed by atoms with Crippen molar-refractivity contribution in [3.05, 3.63) is 42.0 Å². The molecule has 0 aliphatic carbocycles. The van der Waals surface area contributed by atoms with E-state index in [9.17, 15) is 0 Å². The molecule has 0 spiro atoms. The van der Waals surface area contributed by atoms with Crippen LogP contribution in [-0.4, -0.2) is 19.7 Å². The SMILES string of the molecule is CCOc1ccc2cc(C3CCNC3)ccc2c1.Cl. The molecule has 1 heterocycles. The minimum absolute atomic E-state index is 0. The molecule has 1 N–H and O–H groups in total. The van der Waals surface area contributed by atoms with Gasteiger partial charge < -0.3 is 10.1 Å². The predicted octanol–water partition coefficient (Wildman–Crippen LogP) is 3.74. The van der Waals surface area contributed by atoms with Crippen molar-refractivity contribution >= 4 is 23.2 Å². The summed E-state index contributed by atoms with van der Waals surface area (Å²) in [5.74, 6) is 1.64. The van der Waals surface area contributed by atoms with Gasteiger partial charge in [0.1, 0.15) is 5.75 Å². The average Bonchev–Trinajstić information content (AvgIpc) is 2.92. The first kappa shape index (κ1) is 14.2. The van der Waals surface area contributed by atoms with Crippen molar-refractivity contribution in [1.82, 2.24) is 5.32 Å². The molecule has 0 saturated carbocycles. The van der Waals surface area contributed by atoms with Gasteiger partial charge in [-0.2, -0.15) is 0 Å². The van der Waals surface area contributed by atoms with Gasteiger partial charge in [0.05, 0.1) is 6.61 Å². The van der Waals surface area contributed by atoms with Crippen molar-refractivity contribution in [2.24, 2.45) is 0 Å². The minimum Gasteiger partial charge on any atom is -0.494 e. The quantitative estimate of drug-likeness (QED) is 0.923. The Morgan fingerprint density at radius 1 is 1.16 bits per heavy atom. The van der Waals surface area contributed by atoms with Crippen molar-refractivity contribution in [2.45, 2.75) is 19.3 Å². The number of hydrogen-bond donors (Lipinski definition) is 1. The van der Waals surface area contributed by atoms with Crippen LogP contribution in [0.5, 0.6) is 5.75 Å². The molecule has 1 atom stereocenters. The number of rotatable bonds is 3. The predicted molar refractivity (Wildman–Crippen MR) is 82.6 cm³/mol. The van der Waals surface area contributed by atoms with Gasteiger partial charge >= 0.3 is 0 Å². The maximum absolute atomic E-state index is 5.53. The molecule has 1 fully saturated rings. The van der Waals surface area contributed by atoms with Gasteiger partial charge in [-0.05, 0) is 54.3 Å². The first-order valence-corrected chi connectivity index (χ1v) is 6.74. The summed E-state index contributed by atoms with van der Waals surface area (Å²) in [5.41, 5.74) is 1.46. The van der Waals surface area contributed by atoms with E-state index in [0.29, 0.717) is 5.92 Å². The van der Waals surface area contributed by atoms with E-state index in [2.05, 4.69) is 41.7 Å². The summed E-state index contributed by atoms with van der Waals surface area (Å²) in [6.45, 7) is 4.99. The average molecular weight is 278 g/mol. The lowest BCUT2D eigenvalue weighted by atomic mass is 9.96. The third-order valence-corrected chi connectivity index (χ3v) is 3.68. The topological polar surface area (TPSA) is 21.3 Å². The van der Waals surface area contributed by atoms with Crippen LogP contribution in [0.2, 0.25) is 0 Å². The Morgan fingerprint density at radius 3 is 2.68 bits per heavy atom. The van der Waals surface area contributed by atoms with Crippen LogP contribution in [0.1, 0.15) is 24.8 Å². The molecular weight excluding hydrogens is 258 g/mol. The molecule has 0 amide bonds. The Hall–Kier alpha value is -1.25. The third-order valence-electron chi connectivity index (χ3n) is 3.68. The minimum atomic E-state index is 0. The van der Waals surface area contributed by atoms with Crippen LogP contribution in [0.4, 0.5) is 0 Å². The lowest BCUT2D eigenvalue weighted by Crippen LogP contribution is -2.07. The zero-order chi connectivity index (χ0) is 12.4. The molecule has 2 nitrogen and oxygen atoms in total. The fraction of sp³-hybridized carbons (Fsp3) is 0.375. The number of ether oxygens (including phenoxy) is 1. The lowest BCUT2D eigenvalue weighted by Gasteiger charge is -2.11. The smallest absolute Gasteiger partial charge is 0.119 e. The Balaban J connectivity index is 0.00000133. The number of fused-ring (bicyclic) bond motifs is 1. The normalized spacial score (nSPS) is 18.3.